The fourth-order valence-corrected chi connectivity index (χ4v) is 3.54. The Hall–Kier alpha value is -1.76. The first kappa shape index (κ1) is 15.6. The summed E-state index contributed by atoms with van der Waals surface area (Å²) < 4.78 is 0. The standard InChI is InChI=1S/C14H19N3O3S/c1-3-11-9-16(6-7-21-11)14(18)10-4-5-12(15-2)13(8-10)17(19)20/h4-5,8,11,15H,3,6-7,9H2,1-2H3. The van der Waals surface area contributed by atoms with Gasteiger partial charge in [-0.25, -0.2) is 0 Å². The van der Waals surface area contributed by atoms with Crippen LogP contribution in [0.2, 0.25) is 0 Å². The summed E-state index contributed by atoms with van der Waals surface area (Å²) in [5.41, 5.74) is 0.724. The SMILES string of the molecule is CCC1CN(C(=O)c2ccc(NC)c([N+](=O)[O-])c2)CCS1. The van der Waals surface area contributed by atoms with Gasteiger partial charge < -0.3 is 10.2 Å². The molecule has 2 rings (SSSR count). The summed E-state index contributed by atoms with van der Waals surface area (Å²) >= 11 is 1.88. The van der Waals surface area contributed by atoms with Crippen molar-refractivity contribution >= 4 is 29.0 Å². The van der Waals surface area contributed by atoms with Gasteiger partial charge in [0.2, 0.25) is 0 Å². The summed E-state index contributed by atoms with van der Waals surface area (Å²) in [6.07, 6.45) is 1.02. The number of hydrogen-bond acceptors (Lipinski definition) is 5. The van der Waals surface area contributed by atoms with Crippen molar-refractivity contribution in [3.63, 3.8) is 0 Å². The van der Waals surface area contributed by atoms with Crippen LogP contribution in [0.5, 0.6) is 0 Å². The molecule has 1 heterocycles. The number of carbonyl (C=O) groups is 1. The van der Waals surface area contributed by atoms with Crippen molar-refractivity contribution < 1.29 is 9.72 Å². The van der Waals surface area contributed by atoms with E-state index >= 15 is 0 Å². The number of nitro benzene ring substituents is 1. The molecule has 0 saturated carbocycles. The zero-order valence-electron chi connectivity index (χ0n) is 12.2. The Morgan fingerprint density at radius 2 is 2.33 bits per heavy atom. The van der Waals surface area contributed by atoms with E-state index in [1.165, 1.54) is 6.07 Å². The van der Waals surface area contributed by atoms with E-state index in [0.29, 0.717) is 29.6 Å². The Morgan fingerprint density at radius 1 is 1.57 bits per heavy atom. The minimum atomic E-state index is -0.469. The first-order valence-corrected chi connectivity index (χ1v) is 7.98. The lowest BCUT2D eigenvalue weighted by molar-refractivity contribution is -0.384. The highest BCUT2D eigenvalue weighted by atomic mass is 32.2. The molecule has 0 aromatic heterocycles. The van der Waals surface area contributed by atoms with Crippen LogP contribution in [0.3, 0.4) is 0 Å². The molecule has 1 aromatic carbocycles. The van der Waals surface area contributed by atoms with E-state index in [0.717, 1.165) is 12.2 Å². The van der Waals surface area contributed by atoms with Gasteiger partial charge in [0.15, 0.2) is 0 Å². The second kappa shape index (κ2) is 6.80. The lowest BCUT2D eigenvalue weighted by Crippen LogP contribution is -2.41. The van der Waals surface area contributed by atoms with Gasteiger partial charge >= 0.3 is 0 Å². The van der Waals surface area contributed by atoms with Crippen molar-refractivity contribution in [2.24, 2.45) is 0 Å². The average Bonchev–Trinajstić information content (AvgIpc) is 2.53. The summed E-state index contributed by atoms with van der Waals surface area (Å²) in [7, 11) is 1.62. The van der Waals surface area contributed by atoms with Crippen LogP contribution >= 0.6 is 11.8 Å². The maximum absolute atomic E-state index is 12.5. The first-order chi connectivity index (χ1) is 10.1. The van der Waals surface area contributed by atoms with E-state index in [1.807, 2.05) is 11.8 Å². The van der Waals surface area contributed by atoms with E-state index in [-0.39, 0.29) is 11.6 Å². The predicted molar refractivity (Wildman–Crippen MR) is 85.1 cm³/mol. The molecule has 0 aliphatic carbocycles. The van der Waals surface area contributed by atoms with Gasteiger partial charge in [0.05, 0.1) is 4.92 Å². The molecule has 0 radical (unpaired) electrons. The smallest absolute Gasteiger partial charge is 0.293 e. The van der Waals surface area contributed by atoms with Gasteiger partial charge in [0.1, 0.15) is 5.69 Å². The number of benzene rings is 1. The Bertz CT molecular complexity index is 550. The van der Waals surface area contributed by atoms with Crippen LogP contribution in [0, 0.1) is 10.1 Å². The number of amides is 1. The van der Waals surface area contributed by atoms with Gasteiger partial charge in [-0.2, -0.15) is 11.8 Å². The Morgan fingerprint density at radius 3 is 2.95 bits per heavy atom. The van der Waals surface area contributed by atoms with Crippen LogP contribution in [-0.2, 0) is 0 Å². The summed E-state index contributed by atoms with van der Waals surface area (Å²) in [5.74, 6) is 0.792. The molecule has 1 aliphatic heterocycles. The predicted octanol–water partition coefficient (Wildman–Crippen LogP) is 2.60. The summed E-state index contributed by atoms with van der Waals surface area (Å²) in [4.78, 5) is 24.9. The van der Waals surface area contributed by atoms with Crippen LogP contribution in [-0.4, -0.2) is 46.9 Å². The molecule has 0 spiro atoms. The molecule has 1 amide bonds. The molecule has 0 bridgehead atoms. The van der Waals surface area contributed by atoms with E-state index in [9.17, 15) is 14.9 Å². The molecule has 1 aliphatic rings. The molecule has 7 heteroatoms. The molecule has 6 nitrogen and oxygen atoms in total. The lowest BCUT2D eigenvalue weighted by Gasteiger charge is -2.32. The Balaban J connectivity index is 2.23. The first-order valence-electron chi connectivity index (χ1n) is 6.93. The van der Waals surface area contributed by atoms with Gasteiger partial charge in [-0.3, -0.25) is 14.9 Å². The second-order valence-electron chi connectivity index (χ2n) is 4.89. The zero-order valence-corrected chi connectivity index (χ0v) is 13.0. The van der Waals surface area contributed by atoms with Crippen molar-refractivity contribution in [3.05, 3.63) is 33.9 Å². The fraction of sp³-hybridized carbons (Fsp3) is 0.500. The van der Waals surface area contributed by atoms with Gasteiger partial charge in [0, 0.05) is 42.8 Å². The molecule has 1 unspecified atom stereocenters. The van der Waals surface area contributed by atoms with Crippen LogP contribution in [0.1, 0.15) is 23.7 Å². The van der Waals surface area contributed by atoms with E-state index in [2.05, 4.69) is 12.2 Å². The lowest BCUT2D eigenvalue weighted by atomic mass is 10.1. The Kier molecular flexibility index (Phi) is 5.06. The number of anilines is 1. The molecule has 1 aromatic rings. The van der Waals surface area contributed by atoms with Crippen LogP contribution in [0.4, 0.5) is 11.4 Å². The third-order valence-corrected chi connectivity index (χ3v) is 4.96. The normalized spacial score (nSPS) is 18.4. The van der Waals surface area contributed by atoms with E-state index in [1.54, 1.807) is 24.1 Å². The minimum absolute atomic E-state index is 0.0678. The zero-order chi connectivity index (χ0) is 15.4. The topological polar surface area (TPSA) is 75.5 Å². The molecule has 1 saturated heterocycles. The van der Waals surface area contributed by atoms with Crippen molar-refractivity contribution in [2.45, 2.75) is 18.6 Å². The van der Waals surface area contributed by atoms with Gasteiger partial charge in [-0.15, -0.1) is 0 Å². The number of carbonyl (C=O) groups excluding carboxylic acids is 1. The van der Waals surface area contributed by atoms with Gasteiger partial charge in [-0.1, -0.05) is 6.92 Å². The minimum Gasteiger partial charge on any atom is -0.383 e. The molecule has 114 valence electrons. The third-order valence-electron chi connectivity index (χ3n) is 3.59. The van der Waals surface area contributed by atoms with Crippen molar-refractivity contribution in [1.29, 1.82) is 0 Å². The van der Waals surface area contributed by atoms with Crippen LogP contribution in [0.15, 0.2) is 18.2 Å². The van der Waals surface area contributed by atoms with Crippen molar-refractivity contribution in [2.75, 3.05) is 31.2 Å². The highest BCUT2D eigenvalue weighted by Gasteiger charge is 2.25. The van der Waals surface area contributed by atoms with Crippen molar-refractivity contribution in [1.82, 2.24) is 4.90 Å². The molecule has 1 atom stereocenters. The van der Waals surface area contributed by atoms with Gasteiger partial charge in [0.25, 0.3) is 11.6 Å². The largest absolute Gasteiger partial charge is 0.383 e. The van der Waals surface area contributed by atoms with Gasteiger partial charge in [-0.05, 0) is 18.6 Å². The summed E-state index contributed by atoms with van der Waals surface area (Å²) in [5, 5.41) is 14.3. The molecular weight excluding hydrogens is 290 g/mol. The molecule has 1 N–H and O–H groups in total. The van der Waals surface area contributed by atoms with Crippen molar-refractivity contribution in [3.8, 4) is 0 Å². The van der Waals surface area contributed by atoms with E-state index < -0.39 is 4.92 Å². The monoisotopic (exact) mass is 309 g/mol. The number of thioether (sulfide) groups is 1. The summed E-state index contributed by atoms with van der Waals surface area (Å²) in [6, 6.07) is 4.59. The maximum atomic E-state index is 12.5. The number of nitrogens with zero attached hydrogens (tertiary/aromatic N) is 2. The number of nitrogens with one attached hydrogen (secondary N) is 1. The average molecular weight is 309 g/mol. The fourth-order valence-electron chi connectivity index (χ4n) is 2.36. The Labute approximate surface area is 128 Å². The maximum Gasteiger partial charge on any atom is 0.293 e. The molecular formula is C14H19N3O3S. The third kappa shape index (κ3) is 3.47. The highest BCUT2D eigenvalue weighted by Crippen LogP contribution is 2.27. The second-order valence-corrected chi connectivity index (χ2v) is 6.30. The number of hydrogen-bond donors (Lipinski definition) is 1. The number of nitro groups is 1. The number of rotatable bonds is 4. The molecule has 1 fully saturated rings. The molecule has 21 heavy (non-hydrogen) atoms. The highest BCUT2D eigenvalue weighted by molar-refractivity contribution is 8.00. The van der Waals surface area contributed by atoms with Crippen LogP contribution < -0.4 is 5.32 Å². The van der Waals surface area contributed by atoms with Crippen LogP contribution in [0.25, 0.3) is 0 Å². The summed E-state index contributed by atoms with van der Waals surface area (Å²) in [6.45, 7) is 3.52. The quantitative estimate of drug-likeness (QED) is 0.683. The van der Waals surface area contributed by atoms with E-state index in [4.69, 9.17) is 0 Å².